The molecule has 5 heteroatoms. The maximum Gasteiger partial charge on any atom is 0.241 e. The Balaban J connectivity index is 1.64. The molecule has 1 aromatic carbocycles. The van der Waals surface area contributed by atoms with Crippen LogP contribution in [-0.4, -0.2) is 42.0 Å². The lowest BCUT2D eigenvalue weighted by Gasteiger charge is -2.36. The number of pyridine rings is 1. The highest BCUT2D eigenvalue weighted by Crippen LogP contribution is 2.23. The van der Waals surface area contributed by atoms with Crippen LogP contribution in [0.1, 0.15) is 11.1 Å². The number of nitrogens with zero attached hydrogens (tertiary/aromatic N) is 3. The van der Waals surface area contributed by atoms with Crippen molar-refractivity contribution in [2.75, 3.05) is 31.1 Å². The van der Waals surface area contributed by atoms with E-state index in [2.05, 4.69) is 33.0 Å². The summed E-state index contributed by atoms with van der Waals surface area (Å²) in [7, 11) is 0. The van der Waals surface area contributed by atoms with E-state index in [0.717, 1.165) is 44.0 Å². The second-order valence-corrected chi connectivity index (χ2v) is 5.91. The van der Waals surface area contributed by atoms with Crippen LogP contribution in [0.5, 0.6) is 0 Å². The number of para-hydroxylation sites is 1. The van der Waals surface area contributed by atoms with E-state index in [1.54, 1.807) is 6.08 Å². The first-order valence-electron chi connectivity index (χ1n) is 8.15. The van der Waals surface area contributed by atoms with Crippen LogP contribution in [-0.2, 0) is 11.3 Å². The molecule has 0 radical (unpaired) electrons. The van der Waals surface area contributed by atoms with Crippen LogP contribution in [0.3, 0.4) is 0 Å². The average molecular weight is 322 g/mol. The molecule has 5 nitrogen and oxygen atoms in total. The molecule has 1 aliphatic heterocycles. The average Bonchev–Trinajstić information content (AvgIpc) is 2.62. The van der Waals surface area contributed by atoms with E-state index in [1.807, 2.05) is 30.6 Å². The van der Waals surface area contributed by atoms with Crippen molar-refractivity contribution in [1.29, 1.82) is 0 Å². The number of aromatic nitrogens is 1. The molecule has 0 spiro atoms. The highest BCUT2D eigenvalue weighted by Gasteiger charge is 2.18. The molecule has 3 rings (SSSR count). The quantitative estimate of drug-likeness (QED) is 0.854. The molecule has 0 atom stereocenters. The van der Waals surface area contributed by atoms with Gasteiger partial charge in [0.1, 0.15) is 0 Å². The number of rotatable bonds is 5. The largest absolute Gasteiger partial charge is 0.368 e. The fourth-order valence-corrected chi connectivity index (χ4v) is 2.98. The summed E-state index contributed by atoms with van der Waals surface area (Å²) in [6, 6.07) is 12.2. The van der Waals surface area contributed by atoms with Gasteiger partial charge in [-0.25, -0.2) is 0 Å². The molecular formula is C19H22N4O. The van der Waals surface area contributed by atoms with Crippen LogP contribution in [0.25, 0.3) is 6.08 Å². The SMILES string of the molecule is NC(=O)/C=C/c1ccccc1N1CCN(Cc2ccncc2)CC1. The fraction of sp³-hybridized carbons (Fsp3) is 0.263. The van der Waals surface area contributed by atoms with E-state index in [9.17, 15) is 4.79 Å². The van der Waals surface area contributed by atoms with E-state index < -0.39 is 5.91 Å². The maximum atomic E-state index is 11.0. The number of carbonyl (C=O) groups is 1. The van der Waals surface area contributed by atoms with Crippen molar-refractivity contribution in [2.24, 2.45) is 5.73 Å². The number of hydrogen-bond acceptors (Lipinski definition) is 4. The highest BCUT2D eigenvalue weighted by molar-refractivity contribution is 5.91. The lowest BCUT2D eigenvalue weighted by molar-refractivity contribution is -0.113. The Kier molecular flexibility index (Phi) is 5.23. The molecule has 0 unspecified atom stereocenters. The number of carbonyl (C=O) groups excluding carboxylic acids is 1. The molecule has 0 saturated carbocycles. The van der Waals surface area contributed by atoms with E-state index in [4.69, 9.17) is 5.73 Å². The Morgan fingerprint density at radius 3 is 2.50 bits per heavy atom. The standard InChI is InChI=1S/C19H22N4O/c20-19(24)6-5-17-3-1-2-4-18(17)23-13-11-22(12-14-23)15-16-7-9-21-10-8-16/h1-10H,11-15H2,(H2,20,24)/b6-5+. The number of amides is 1. The van der Waals surface area contributed by atoms with E-state index in [0.29, 0.717) is 0 Å². The van der Waals surface area contributed by atoms with Crippen LogP contribution in [0, 0.1) is 0 Å². The number of benzene rings is 1. The molecule has 24 heavy (non-hydrogen) atoms. The Morgan fingerprint density at radius 2 is 1.79 bits per heavy atom. The molecule has 1 fully saturated rings. The van der Waals surface area contributed by atoms with Gasteiger partial charge in [-0.3, -0.25) is 14.7 Å². The minimum Gasteiger partial charge on any atom is -0.368 e. The van der Waals surface area contributed by atoms with E-state index in [-0.39, 0.29) is 0 Å². The van der Waals surface area contributed by atoms with Gasteiger partial charge < -0.3 is 10.6 Å². The molecular weight excluding hydrogens is 300 g/mol. The third-order valence-electron chi connectivity index (χ3n) is 4.23. The summed E-state index contributed by atoms with van der Waals surface area (Å²) in [6.07, 6.45) is 6.89. The molecule has 2 aromatic rings. The van der Waals surface area contributed by atoms with Crippen molar-refractivity contribution in [3.05, 3.63) is 66.0 Å². The summed E-state index contributed by atoms with van der Waals surface area (Å²) in [5.41, 5.74) is 8.68. The molecule has 2 N–H and O–H groups in total. The number of primary amides is 1. The van der Waals surface area contributed by atoms with E-state index >= 15 is 0 Å². The van der Waals surface area contributed by atoms with E-state index in [1.165, 1.54) is 11.6 Å². The summed E-state index contributed by atoms with van der Waals surface area (Å²) in [4.78, 5) is 19.9. The maximum absolute atomic E-state index is 11.0. The number of hydrogen-bond donors (Lipinski definition) is 1. The zero-order chi connectivity index (χ0) is 16.8. The van der Waals surface area contributed by atoms with Crippen LogP contribution in [0.15, 0.2) is 54.9 Å². The first-order valence-corrected chi connectivity index (χ1v) is 8.15. The molecule has 1 aliphatic rings. The summed E-state index contributed by atoms with van der Waals surface area (Å²) >= 11 is 0. The second kappa shape index (κ2) is 7.75. The Morgan fingerprint density at radius 1 is 1.08 bits per heavy atom. The fourth-order valence-electron chi connectivity index (χ4n) is 2.98. The lowest BCUT2D eigenvalue weighted by Crippen LogP contribution is -2.46. The van der Waals surface area contributed by atoms with Crippen LogP contribution in [0.4, 0.5) is 5.69 Å². The molecule has 1 amide bonds. The topological polar surface area (TPSA) is 62.5 Å². The normalized spacial score (nSPS) is 15.8. The van der Waals surface area contributed by atoms with Crippen molar-refractivity contribution >= 4 is 17.7 Å². The molecule has 0 bridgehead atoms. The lowest BCUT2D eigenvalue weighted by atomic mass is 10.1. The van der Waals surface area contributed by atoms with Crippen molar-refractivity contribution in [3.8, 4) is 0 Å². The first kappa shape index (κ1) is 16.2. The predicted molar refractivity (Wildman–Crippen MR) is 96.4 cm³/mol. The van der Waals surface area contributed by atoms with Crippen molar-refractivity contribution < 1.29 is 4.79 Å². The van der Waals surface area contributed by atoms with Gasteiger partial charge in [-0.15, -0.1) is 0 Å². The molecule has 124 valence electrons. The molecule has 1 saturated heterocycles. The highest BCUT2D eigenvalue weighted by atomic mass is 16.1. The van der Waals surface area contributed by atoms with Gasteiger partial charge in [-0.05, 0) is 35.4 Å². The summed E-state index contributed by atoms with van der Waals surface area (Å²) in [6.45, 7) is 4.91. The van der Waals surface area contributed by atoms with Gasteiger partial charge in [0.15, 0.2) is 0 Å². The molecule has 0 aliphatic carbocycles. The summed E-state index contributed by atoms with van der Waals surface area (Å²) in [5.74, 6) is -0.424. The summed E-state index contributed by atoms with van der Waals surface area (Å²) < 4.78 is 0. The van der Waals surface area contributed by atoms with Gasteiger partial charge in [0.25, 0.3) is 0 Å². The monoisotopic (exact) mass is 322 g/mol. The number of nitrogens with two attached hydrogens (primary N) is 1. The zero-order valence-corrected chi connectivity index (χ0v) is 13.6. The predicted octanol–water partition coefficient (Wildman–Crippen LogP) is 1.90. The van der Waals surface area contributed by atoms with Crippen molar-refractivity contribution in [2.45, 2.75) is 6.54 Å². The molecule has 1 aromatic heterocycles. The molecule has 2 heterocycles. The first-order chi connectivity index (χ1) is 11.7. The van der Waals surface area contributed by atoms with Crippen molar-refractivity contribution in [3.63, 3.8) is 0 Å². The van der Waals surface area contributed by atoms with Crippen LogP contribution < -0.4 is 10.6 Å². The van der Waals surface area contributed by atoms with Gasteiger partial charge in [-0.2, -0.15) is 0 Å². The third kappa shape index (κ3) is 4.20. The third-order valence-corrected chi connectivity index (χ3v) is 4.23. The zero-order valence-electron chi connectivity index (χ0n) is 13.6. The second-order valence-electron chi connectivity index (χ2n) is 5.91. The Hall–Kier alpha value is -2.66. The van der Waals surface area contributed by atoms with Gasteiger partial charge in [-0.1, -0.05) is 18.2 Å². The summed E-state index contributed by atoms with van der Waals surface area (Å²) in [5, 5.41) is 0. The van der Waals surface area contributed by atoms with Gasteiger partial charge >= 0.3 is 0 Å². The van der Waals surface area contributed by atoms with Crippen molar-refractivity contribution in [1.82, 2.24) is 9.88 Å². The minimum atomic E-state index is -0.424. The number of piperazine rings is 1. The van der Waals surface area contributed by atoms with Crippen LogP contribution in [0.2, 0.25) is 0 Å². The van der Waals surface area contributed by atoms with Gasteiger partial charge in [0, 0.05) is 56.9 Å². The van der Waals surface area contributed by atoms with Crippen LogP contribution >= 0.6 is 0 Å². The Bertz CT molecular complexity index is 706. The Labute approximate surface area is 142 Å². The number of anilines is 1. The minimum absolute atomic E-state index is 0.424. The van der Waals surface area contributed by atoms with Gasteiger partial charge in [0.2, 0.25) is 5.91 Å². The van der Waals surface area contributed by atoms with Gasteiger partial charge in [0.05, 0.1) is 0 Å². The smallest absolute Gasteiger partial charge is 0.241 e.